The molecule has 4 aromatic rings. The molecule has 1 aliphatic rings. The summed E-state index contributed by atoms with van der Waals surface area (Å²) < 4.78 is 113. The van der Waals surface area contributed by atoms with Crippen molar-refractivity contribution in [2.45, 2.75) is 26.2 Å². The number of benzene rings is 4. The average molecular weight is 677 g/mol. The first-order valence-electron chi connectivity index (χ1n) is 15.6. The summed E-state index contributed by atoms with van der Waals surface area (Å²) in [6.07, 6.45) is 0. The molecule has 0 aliphatic carbocycles. The molecule has 0 atom stereocenters. The van der Waals surface area contributed by atoms with Gasteiger partial charge in [0.1, 0.15) is 46.5 Å². The molecule has 0 N–H and O–H groups in total. The highest BCUT2D eigenvalue weighted by Gasteiger charge is 2.19. The topological polar surface area (TPSA) is 13.0 Å². The van der Waals surface area contributed by atoms with Gasteiger partial charge in [0.15, 0.2) is 0 Å². The van der Waals surface area contributed by atoms with Crippen molar-refractivity contribution in [3.8, 4) is 0 Å². The molecule has 0 unspecified atom stereocenters. The third-order valence-corrected chi connectivity index (χ3v) is 8.24. The quantitative estimate of drug-likeness (QED) is 0.184. The molecule has 0 bridgehead atoms. The van der Waals surface area contributed by atoms with E-state index >= 15 is 0 Å². The second-order valence-electron chi connectivity index (χ2n) is 12.2. The molecule has 0 spiro atoms. The zero-order chi connectivity index (χ0) is 34.2. The van der Waals surface area contributed by atoms with Gasteiger partial charge < -0.3 is 0 Å². The van der Waals surface area contributed by atoms with E-state index in [0.717, 1.165) is 24.3 Å². The van der Waals surface area contributed by atoms with Gasteiger partial charge in [-0.2, -0.15) is 0 Å². The van der Waals surface area contributed by atoms with Crippen LogP contribution in [0.3, 0.4) is 0 Å². The summed E-state index contributed by atoms with van der Waals surface area (Å²) >= 11 is 0. The Balaban J connectivity index is 1.42. The van der Waals surface area contributed by atoms with Crippen molar-refractivity contribution in [1.82, 2.24) is 19.6 Å². The van der Waals surface area contributed by atoms with Crippen molar-refractivity contribution in [2.75, 3.05) is 52.4 Å². The Morgan fingerprint density at radius 3 is 0.562 bits per heavy atom. The standard InChI is InChI=1S/C36H36F8N4/c37-29-9-25(10-30(38)17-29)21-45-1-2-46(22-26-11-31(39)18-32(40)12-26)5-6-48(24-28-15-35(43)20-36(44)16-28)8-7-47(4-3-45)23-27-13-33(41)19-34(42)14-27/h9-20H,1-8,21-24H2. The van der Waals surface area contributed by atoms with Crippen LogP contribution in [0.4, 0.5) is 35.1 Å². The van der Waals surface area contributed by atoms with E-state index in [4.69, 9.17) is 0 Å². The summed E-state index contributed by atoms with van der Waals surface area (Å²) in [5, 5.41) is 0. The fourth-order valence-corrected chi connectivity index (χ4v) is 6.05. The largest absolute Gasteiger partial charge is 0.297 e. The smallest absolute Gasteiger partial charge is 0.126 e. The Morgan fingerprint density at radius 1 is 0.271 bits per heavy atom. The zero-order valence-corrected chi connectivity index (χ0v) is 26.2. The van der Waals surface area contributed by atoms with Crippen molar-refractivity contribution in [3.63, 3.8) is 0 Å². The summed E-state index contributed by atoms with van der Waals surface area (Å²) in [5.41, 5.74) is 1.69. The van der Waals surface area contributed by atoms with E-state index in [1.807, 2.05) is 19.6 Å². The number of hydrogen-bond donors (Lipinski definition) is 0. The van der Waals surface area contributed by atoms with E-state index in [1.54, 1.807) is 0 Å². The SMILES string of the molecule is Fc1cc(F)cc(CN2CCN(Cc3cc(F)cc(F)c3)CCN(Cc3cc(F)cc(F)c3)CCN(Cc3cc(F)cc(F)c3)CC2)c1. The molecule has 0 radical (unpaired) electrons. The molecule has 0 aromatic heterocycles. The lowest BCUT2D eigenvalue weighted by Gasteiger charge is -2.34. The number of hydrogen-bond acceptors (Lipinski definition) is 4. The van der Waals surface area contributed by atoms with E-state index in [9.17, 15) is 35.1 Å². The first-order chi connectivity index (χ1) is 22.9. The van der Waals surface area contributed by atoms with Gasteiger partial charge in [-0.1, -0.05) is 0 Å². The highest BCUT2D eigenvalue weighted by molar-refractivity contribution is 5.20. The summed E-state index contributed by atoms with van der Waals surface area (Å²) in [4.78, 5) is 8.01. The van der Waals surface area contributed by atoms with Crippen LogP contribution in [-0.4, -0.2) is 72.0 Å². The van der Waals surface area contributed by atoms with Crippen LogP contribution in [0, 0.1) is 46.5 Å². The Morgan fingerprint density at radius 2 is 0.417 bits per heavy atom. The molecular formula is C36H36F8N4. The molecule has 256 valence electrons. The molecule has 4 nitrogen and oxygen atoms in total. The van der Waals surface area contributed by atoms with Crippen LogP contribution in [0.1, 0.15) is 22.3 Å². The molecule has 1 fully saturated rings. The normalized spacial score (nSPS) is 16.5. The number of halogens is 8. The van der Waals surface area contributed by atoms with Crippen LogP contribution >= 0.6 is 0 Å². The second kappa shape index (κ2) is 16.5. The highest BCUT2D eigenvalue weighted by Crippen LogP contribution is 2.17. The summed E-state index contributed by atoms with van der Waals surface area (Å²) in [7, 11) is 0. The minimum atomic E-state index is -0.706. The van der Waals surface area contributed by atoms with Crippen LogP contribution in [0.15, 0.2) is 72.8 Å². The zero-order valence-electron chi connectivity index (χ0n) is 26.2. The molecule has 1 heterocycles. The predicted molar refractivity (Wildman–Crippen MR) is 167 cm³/mol. The van der Waals surface area contributed by atoms with Gasteiger partial charge in [-0.25, -0.2) is 35.1 Å². The molecule has 1 saturated heterocycles. The van der Waals surface area contributed by atoms with Crippen molar-refractivity contribution >= 4 is 0 Å². The van der Waals surface area contributed by atoms with Gasteiger partial charge >= 0.3 is 0 Å². The molecule has 48 heavy (non-hydrogen) atoms. The van der Waals surface area contributed by atoms with Gasteiger partial charge in [-0.05, 0) is 70.8 Å². The van der Waals surface area contributed by atoms with Crippen LogP contribution in [0.5, 0.6) is 0 Å². The molecule has 0 saturated carbocycles. The van der Waals surface area contributed by atoms with Gasteiger partial charge in [0.2, 0.25) is 0 Å². The lowest BCUT2D eigenvalue weighted by atomic mass is 10.1. The van der Waals surface area contributed by atoms with Crippen molar-refractivity contribution in [2.24, 2.45) is 0 Å². The minimum Gasteiger partial charge on any atom is -0.297 e. The van der Waals surface area contributed by atoms with E-state index in [2.05, 4.69) is 0 Å². The summed E-state index contributed by atoms with van der Waals surface area (Å²) in [6.45, 7) is 4.10. The summed E-state index contributed by atoms with van der Waals surface area (Å²) in [5.74, 6) is -5.65. The number of nitrogens with zero attached hydrogens (tertiary/aromatic N) is 4. The van der Waals surface area contributed by atoms with Crippen molar-refractivity contribution in [3.05, 3.63) is 142 Å². The van der Waals surface area contributed by atoms with E-state index in [-0.39, 0.29) is 26.2 Å². The molecule has 5 rings (SSSR count). The van der Waals surface area contributed by atoms with Crippen LogP contribution < -0.4 is 0 Å². The Kier molecular flexibility index (Phi) is 12.2. The first-order valence-corrected chi connectivity index (χ1v) is 15.6. The average Bonchev–Trinajstić information content (AvgIpc) is 2.96. The second-order valence-corrected chi connectivity index (χ2v) is 12.2. The maximum Gasteiger partial charge on any atom is 0.126 e. The highest BCUT2D eigenvalue weighted by atomic mass is 19.2. The van der Waals surface area contributed by atoms with Gasteiger partial charge in [0.25, 0.3) is 0 Å². The van der Waals surface area contributed by atoms with Crippen LogP contribution in [0.2, 0.25) is 0 Å². The van der Waals surface area contributed by atoms with Gasteiger partial charge in [0, 0.05) is 103 Å². The monoisotopic (exact) mass is 676 g/mol. The van der Waals surface area contributed by atoms with E-state index in [0.29, 0.717) is 74.6 Å². The van der Waals surface area contributed by atoms with Gasteiger partial charge in [-0.3, -0.25) is 19.6 Å². The number of rotatable bonds is 8. The summed E-state index contributed by atoms with van der Waals surface area (Å²) in [6, 6.07) is 13.2. The molecule has 4 aromatic carbocycles. The fourth-order valence-electron chi connectivity index (χ4n) is 6.05. The molecule has 12 heteroatoms. The predicted octanol–water partition coefficient (Wildman–Crippen LogP) is 7.12. The van der Waals surface area contributed by atoms with Crippen molar-refractivity contribution in [1.29, 1.82) is 0 Å². The minimum absolute atomic E-state index is 0.205. The maximum absolute atomic E-state index is 14.1. The fraction of sp³-hybridized carbons (Fsp3) is 0.333. The lowest BCUT2D eigenvalue weighted by Crippen LogP contribution is -2.45. The van der Waals surface area contributed by atoms with E-state index < -0.39 is 46.5 Å². The van der Waals surface area contributed by atoms with E-state index in [1.165, 1.54) is 48.5 Å². The third kappa shape index (κ3) is 11.1. The Hall–Kier alpha value is -3.84. The van der Waals surface area contributed by atoms with Gasteiger partial charge in [0.05, 0.1) is 0 Å². The molecular weight excluding hydrogens is 640 g/mol. The van der Waals surface area contributed by atoms with Gasteiger partial charge in [-0.15, -0.1) is 0 Å². The Labute approximate surface area is 274 Å². The molecule has 0 amide bonds. The lowest BCUT2D eigenvalue weighted by molar-refractivity contribution is 0.121. The Bertz CT molecular complexity index is 1340. The molecule has 1 aliphatic heterocycles. The van der Waals surface area contributed by atoms with Crippen LogP contribution in [-0.2, 0) is 26.2 Å². The first kappa shape index (κ1) is 35.5. The van der Waals surface area contributed by atoms with Crippen LogP contribution in [0.25, 0.3) is 0 Å². The van der Waals surface area contributed by atoms with Crippen molar-refractivity contribution < 1.29 is 35.1 Å². The maximum atomic E-state index is 14.1. The third-order valence-electron chi connectivity index (χ3n) is 8.24.